The van der Waals surface area contributed by atoms with Crippen molar-refractivity contribution in [1.29, 1.82) is 0 Å². The number of phenols is 1. The molecule has 0 saturated heterocycles. The van der Waals surface area contributed by atoms with E-state index < -0.39 is 5.97 Å². The third-order valence-corrected chi connectivity index (χ3v) is 1.92. The molecule has 16 heavy (non-hydrogen) atoms. The molecule has 0 aliphatic rings. The van der Waals surface area contributed by atoms with Gasteiger partial charge in [0.05, 0.1) is 13.7 Å². The minimum absolute atomic E-state index is 0.0278. The van der Waals surface area contributed by atoms with Crippen LogP contribution in [0.1, 0.15) is 10.4 Å². The monoisotopic (exact) mass is 226 g/mol. The van der Waals surface area contributed by atoms with E-state index in [-0.39, 0.29) is 17.1 Å². The van der Waals surface area contributed by atoms with Gasteiger partial charge < -0.3 is 19.3 Å². The SMILES string of the molecule is COCCOc1cc(O)ccc1C(=O)OC. The first-order chi connectivity index (χ1) is 7.69. The molecule has 88 valence electrons. The van der Waals surface area contributed by atoms with Crippen LogP contribution in [0.2, 0.25) is 0 Å². The van der Waals surface area contributed by atoms with Crippen LogP contribution in [0.5, 0.6) is 11.5 Å². The third kappa shape index (κ3) is 3.13. The van der Waals surface area contributed by atoms with E-state index in [1.807, 2.05) is 0 Å². The number of rotatable bonds is 5. The van der Waals surface area contributed by atoms with Crippen LogP contribution in [-0.2, 0) is 9.47 Å². The molecule has 0 heterocycles. The van der Waals surface area contributed by atoms with E-state index in [2.05, 4.69) is 4.74 Å². The second-order valence-electron chi connectivity index (χ2n) is 3.01. The summed E-state index contributed by atoms with van der Waals surface area (Å²) in [6.45, 7) is 0.695. The largest absolute Gasteiger partial charge is 0.508 e. The zero-order valence-corrected chi connectivity index (χ0v) is 9.23. The van der Waals surface area contributed by atoms with E-state index in [0.29, 0.717) is 13.2 Å². The number of esters is 1. The zero-order valence-electron chi connectivity index (χ0n) is 9.23. The van der Waals surface area contributed by atoms with Crippen molar-refractivity contribution in [3.05, 3.63) is 23.8 Å². The maximum absolute atomic E-state index is 11.4. The van der Waals surface area contributed by atoms with Crippen LogP contribution in [-0.4, -0.2) is 38.5 Å². The Hall–Kier alpha value is -1.75. The molecule has 0 aliphatic heterocycles. The van der Waals surface area contributed by atoms with Gasteiger partial charge in [-0.3, -0.25) is 0 Å². The Labute approximate surface area is 93.6 Å². The molecule has 0 spiro atoms. The number of ether oxygens (including phenoxy) is 3. The minimum Gasteiger partial charge on any atom is -0.508 e. The Morgan fingerprint density at radius 2 is 2.06 bits per heavy atom. The van der Waals surface area contributed by atoms with E-state index >= 15 is 0 Å². The molecule has 5 nitrogen and oxygen atoms in total. The molecule has 0 amide bonds. The van der Waals surface area contributed by atoms with E-state index in [1.54, 1.807) is 7.11 Å². The topological polar surface area (TPSA) is 65.0 Å². The molecule has 0 radical (unpaired) electrons. The van der Waals surface area contributed by atoms with Crippen molar-refractivity contribution in [1.82, 2.24) is 0 Å². The average Bonchev–Trinajstić information content (AvgIpc) is 2.29. The normalized spacial score (nSPS) is 9.88. The van der Waals surface area contributed by atoms with Gasteiger partial charge in [-0.15, -0.1) is 0 Å². The van der Waals surface area contributed by atoms with E-state index in [0.717, 1.165) is 0 Å². The molecular formula is C11H14O5. The number of hydrogen-bond donors (Lipinski definition) is 1. The molecule has 0 atom stereocenters. The van der Waals surface area contributed by atoms with Gasteiger partial charge in [-0.05, 0) is 12.1 Å². The second kappa shape index (κ2) is 5.97. The quantitative estimate of drug-likeness (QED) is 0.603. The van der Waals surface area contributed by atoms with Gasteiger partial charge in [0.25, 0.3) is 0 Å². The van der Waals surface area contributed by atoms with Crippen LogP contribution < -0.4 is 4.74 Å². The van der Waals surface area contributed by atoms with Gasteiger partial charge in [-0.2, -0.15) is 0 Å². The van der Waals surface area contributed by atoms with Crippen LogP contribution >= 0.6 is 0 Å². The number of carbonyl (C=O) groups excluding carboxylic acids is 1. The summed E-state index contributed by atoms with van der Waals surface area (Å²) in [6, 6.07) is 4.21. The van der Waals surface area contributed by atoms with Gasteiger partial charge in [0.2, 0.25) is 0 Å². The lowest BCUT2D eigenvalue weighted by Gasteiger charge is -2.10. The predicted octanol–water partition coefficient (Wildman–Crippen LogP) is 1.20. The fourth-order valence-corrected chi connectivity index (χ4v) is 1.14. The predicted molar refractivity (Wildman–Crippen MR) is 56.8 cm³/mol. The highest BCUT2D eigenvalue weighted by molar-refractivity contribution is 5.92. The van der Waals surface area contributed by atoms with E-state index in [4.69, 9.17) is 9.47 Å². The molecular weight excluding hydrogens is 212 g/mol. The minimum atomic E-state index is -0.507. The van der Waals surface area contributed by atoms with Crippen LogP contribution in [0, 0.1) is 0 Å². The van der Waals surface area contributed by atoms with Gasteiger partial charge >= 0.3 is 5.97 Å². The highest BCUT2D eigenvalue weighted by Crippen LogP contribution is 2.24. The summed E-state index contributed by atoms with van der Waals surface area (Å²) >= 11 is 0. The summed E-state index contributed by atoms with van der Waals surface area (Å²) in [4.78, 5) is 11.4. The van der Waals surface area contributed by atoms with Crippen molar-refractivity contribution < 1.29 is 24.1 Å². The first-order valence-electron chi connectivity index (χ1n) is 4.72. The summed E-state index contributed by atoms with van der Waals surface area (Å²) in [5.74, 6) is -0.198. The highest BCUT2D eigenvalue weighted by atomic mass is 16.5. The number of methoxy groups -OCH3 is 2. The summed E-state index contributed by atoms with van der Waals surface area (Å²) < 4.78 is 14.7. The number of carbonyl (C=O) groups is 1. The Morgan fingerprint density at radius 3 is 2.69 bits per heavy atom. The molecule has 1 rings (SSSR count). The number of phenolic OH excluding ortho intramolecular Hbond substituents is 1. The number of aromatic hydroxyl groups is 1. The average molecular weight is 226 g/mol. The van der Waals surface area contributed by atoms with Crippen LogP contribution in [0.25, 0.3) is 0 Å². The van der Waals surface area contributed by atoms with Gasteiger partial charge in [-0.1, -0.05) is 0 Å². The van der Waals surface area contributed by atoms with Gasteiger partial charge in [0.1, 0.15) is 23.7 Å². The lowest BCUT2D eigenvalue weighted by atomic mass is 10.2. The Bertz CT molecular complexity index is 361. The van der Waals surface area contributed by atoms with Crippen molar-refractivity contribution in [2.75, 3.05) is 27.4 Å². The highest BCUT2D eigenvalue weighted by Gasteiger charge is 2.13. The summed E-state index contributed by atoms with van der Waals surface area (Å²) in [5, 5.41) is 9.29. The van der Waals surface area contributed by atoms with Crippen molar-refractivity contribution in [3.63, 3.8) is 0 Å². The van der Waals surface area contributed by atoms with Crippen LogP contribution in [0.15, 0.2) is 18.2 Å². The Morgan fingerprint density at radius 1 is 1.31 bits per heavy atom. The molecule has 0 unspecified atom stereocenters. The summed E-state index contributed by atoms with van der Waals surface area (Å²) in [7, 11) is 2.83. The Kier molecular flexibility index (Phi) is 4.60. The van der Waals surface area contributed by atoms with Crippen molar-refractivity contribution >= 4 is 5.97 Å². The maximum Gasteiger partial charge on any atom is 0.341 e. The number of benzene rings is 1. The molecule has 0 aromatic heterocycles. The molecule has 0 bridgehead atoms. The standard InChI is InChI=1S/C11H14O5/c1-14-5-6-16-10-7-8(12)3-4-9(10)11(13)15-2/h3-4,7,12H,5-6H2,1-2H3. The summed E-state index contributed by atoms with van der Waals surface area (Å²) in [5.41, 5.74) is 0.274. The second-order valence-corrected chi connectivity index (χ2v) is 3.01. The van der Waals surface area contributed by atoms with Crippen LogP contribution in [0.3, 0.4) is 0 Å². The van der Waals surface area contributed by atoms with Gasteiger partial charge in [0.15, 0.2) is 0 Å². The number of hydrogen-bond acceptors (Lipinski definition) is 5. The first kappa shape index (κ1) is 12.3. The Balaban J connectivity index is 2.85. The van der Waals surface area contributed by atoms with Crippen molar-refractivity contribution in [2.24, 2.45) is 0 Å². The van der Waals surface area contributed by atoms with Gasteiger partial charge in [0, 0.05) is 13.2 Å². The van der Waals surface area contributed by atoms with Crippen LogP contribution in [0.4, 0.5) is 0 Å². The maximum atomic E-state index is 11.4. The fourth-order valence-electron chi connectivity index (χ4n) is 1.14. The van der Waals surface area contributed by atoms with E-state index in [1.165, 1.54) is 25.3 Å². The molecule has 1 aromatic carbocycles. The van der Waals surface area contributed by atoms with Crippen molar-refractivity contribution in [3.8, 4) is 11.5 Å². The fraction of sp³-hybridized carbons (Fsp3) is 0.364. The first-order valence-corrected chi connectivity index (χ1v) is 4.72. The molecule has 5 heteroatoms. The molecule has 0 aliphatic carbocycles. The molecule has 0 saturated carbocycles. The van der Waals surface area contributed by atoms with Gasteiger partial charge in [-0.25, -0.2) is 4.79 Å². The smallest absolute Gasteiger partial charge is 0.341 e. The lowest BCUT2D eigenvalue weighted by molar-refractivity contribution is 0.0594. The zero-order chi connectivity index (χ0) is 12.0. The molecule has 1 N–H and O–H groups in total. The molecule has 0 fully saturated rings. The van der Waals surface area contributed by atoms with Crippen molar-refractivity contribution in [2.45, 2.75) is 0 Å². The molecule has 1 aromatic rings. The summed E-state index contributed by atoms with van der Waals surface area (Å²) in [6.07, 6.45) is 0. The lowest BCUT2D eigenvalue weighted by Crippen LogP contribution is -2.09. The third-order valence-electron chi connectivity index (χ3n) is 1.92. The van der Waals surface area contributed by atoms with E-state index in [9.17, 15) is 9.90 Å².